The van der Waals surface area contributed by atoms with Crippen LogP contribution in [0.2, 0.25) is 0 Å². The minimum atomic E-state index is -4.18. The molecule has 1 aliphatic carbocycles. The minimum absolute atomic E-state index is 0.0111. The zero-order chi connectivity index (χ0) is 14.8. The van der Waals surface area contributed by atoms with E-state index in [2.05, 4.69) is 10.2 Å². The Balaban J connectivity index is 2.13. The third-order valence-electron chi connectivity index (χ3n) is 2.95. The predicted molar refractivity (Wildman–Crippen MR) is 75.1 cm³/mol. The zero-order valence-electron chi connectivity index (χ0n) is 10.8. The summed E-state index contributed by atoms with van der Waals surface area (Å²) >= 11 is 0. The maximum absolute atomic E-state index is 10.9. The molecule has 1 aliphatic rings. The molecule has 0 spiro atoms. The first-order valence-corrected chi connectivity index (χ1v) is 7.45. The van der Waals surface area contributed by atoms with Crippen molar-refractivity contribution >= 4 is 15.8 Å². The van der Waals surface area contributed by atoms with E-state index in [0.717, 1.165) is 0 Å². The second kappa shape index (κ2) is 5.66. The average molecular weight is 293 g/mol. The highest BCUT2D eigenvalue weighted by Crippen LogP contribution is 2.20. The fourth-order valence-electron chi connectivity index (χ4n) is 1.69. The summed E-state index contributed by atoms with van der Waals surface area (Å²) in [5.74, 6) is 0.191. The van der Waals surface area contributed by atoms with E-state index in [-0.39, 0.29) is 16.9 Å². The van der Waals surface area contributed by atoms with Gasteiger partial charge in [0, 0.05) is 6.04 Å². The molecule has 6 nitrogen and oxygen atoms in total. The molecule has 2 unspecified atom stereocenters. The van der Waals surface area contributed by atoms with Crippen molar-refractivity contribution in [1.82, 2.24) is 0 Å². The van der Waals surface area contributed by atoms with Crippen LogP contribution in [0.4, 0.5) is 5.69 Å². The van der Waals surface area contributed by atoms with E-state index in [0.29, 0.717) is 11.4 Å². The monoisotopic (exact) mass is 293 g/mol. The molecule has 1 aromatic carbocycles. The molecule has 0 aliphatic heterocycles. The van der Waals surface area contributed by atoms with Gasteiger partial charge in [-0.25, -0.2) is 0 Å². The second-order valence-corrected chi connectivity index (χ2v) is 5.98. The Morgan fingerprint density at radius 2 is 1.85 bits per heavy atom. The van der Waals surface area contributed by atoms with Crippen LogP contribution < -0.4 is 5.73 Å². The van der Waals surface area contributed by atoms with Crippen LogP contribution in [0.5, 0.6) is 0 Å². The highest BCUT2D eigenvalue weighted by Gasteiger charge is 2.12. The van der Waals surface area contributed by atoms with Crippen LogP contribution in [0.15, 0.2) is 63.3 Å². The molecule has 0 fully saturated rings. The number of azo groups is 1. The lowest BCUT2D eigenvalue weighted by molar-refractivity contribution is 0.483. The van der Waals surface area contributed by atoms with Gasteiger partial charge in [0.15, 0.2) is 0 Å². The van der Waals surface area contributed by atoms with E-state index >= 15 is 0 Å². The Morgan fingerprint density at radius 3 is 2.40 bits per heavy atom. The van der Waals surface area contributed by atoms with E-state index in [1.54, 1.807) is 6.08 Å². The Morgan fingerprint density at radius 1 is 1.20 bits per heavy atom. The molecule has 106 valence electrons. The van der Waals surface area contributed by atoms with Gasteiger partial charge >= 0.3 is 0 Å². The molecule has 1 aromatic rings. The lowest BCUT2D eigenvalue weighted by Gasteiger charge is -2.16. The molecule has 0 bridgehead atoms. The Kier molecular flexibility index (Phi) is 4.12. The van der Waals surface area contributed by atoms with Gasteiger partial charge in [-0.15, -0.1) is 0 Å². The van der Waals surface area contributed by atoms with Crippen LogP contribution in [0.1, 0.15) is 6.92 Å². The van der Waals surface area contributed by atoms with Gasteiger partial charge in [0.2, 0.25) is 0 Å². The molecule has 20 heavy (non-hydrogen) atoms. The molecule has 0 heterocycles. The molecule has 7 heteroatoms. The lowest BCUT2D eigenvalue weighted by Crippen LogP contribution is -2.26. The average Bonchev–Trinajstić information content (AvgIpc) is 2.40. The summed E-state index contributed by atoms with van der Waals surface area (Å²) in [6.07, 6.45) is 5.57. The van der Waals surface area contributed by atoms with Crippen molar-refractivity contribution in [3.63, 3.8) is 0 Å². The molecular weight excluding hydrogens is 278 g/mol. The van der Waals surface area contributed by atoms with E-state index in [4.69, 9.17) is 10.3 Å². The van der Waals surface area contributed by atoms with Gasteiger partial charge in [0.05, 0.1) is 16.3 Å². The third kappa shape index (κ3) is 3.60. The van der Waals surface area contributed by atoms with Gasteiger partial charge in [0.25, 0.3) is 10.1 Å². The van der Waals surface area contributed by atoms with Crippen LogP contribution in [-0.2, 0) is 10.1 Å². The number of hydrogen-bond acceptors (Lipinski definition) is 5. The van der Waals surface area contributed by atoms with Crippen molar-refractivity contribution in [3.05, 3.63) is 48.2 Å². The Hall–Kier alpha value is -1.83. The first kappa shape index (κ1) is 14.6. The number of nitrogens with zero attached hydrogens (tertiary/aromatic N) is 2. The van der Waals surface area contributed by atoms with Crippen LogP contribution >= 0.6 is 0 Å². The standard InChI is InChI=1S/C13H15N3O3S/c1-9-8-11(4-7-13(9)14)16-15-10-2-5-12(6-3-10)20(17,18)19/h2-9,13H,14H2,1H3,(H,17,18,19)/b16-15+. The number of benzene rings is 1. The molecule has 3 N–H and O–H groups in total. The first-order chi connectivity index (χ1) is 9.36. The molecule has 0 aromatic heterocycles. The van der Waals surface area contributed by atoms with Crippen molar-refractivity contribution in [3.8, 4) is 0 Å². The maximum atomic E-state index is 10.9. The van der Waals surface area contributed by atoms with Crippen LogP contribution in [0.3, 0.4) is 0 Å². The fraction of sp³-hybridized carbons (Fsp3) is 0.231. The smallest absolute Gasteiger partial charge is 0.294 e. The molecule has 0 radical (unpaired) electrons. The normalized spacial score (nSPS) is 23.1. The lowest BCUT2D eigenvalue weighted by atomic mass is 9.97. The van der Waals surface area contributed by atoms with E-state index < -0.39 is 10.1 Å². The van der Waals surface area contributed by atoms with Crippen molar-refractivity contribution < 1.29 is 13.0 Å². The second-order valence-electron chi connectivity index (χ2n) is 4.56. The molecule has 0 amide bonds. The van der Waals surface area contributed by atoms with Crippen molar-refractivity contribution in [1.29, 1.82) is 0 Å². The van der Waals surface area contributed by atoms with Gasteiger partial charge in [-0.2, -0.15) is 18.6 Å². The fourth-order valence-corrected chi connectivity index (χ4v) is 2.17. The largest absolute Gasteiger partial charge is 0.324 e. The van der Waals surface area contributed by atoms with Crippen molar-refractivity contribution in [2.75, 3.05) is 0 Å². The van der Waals surface area contributed by atoms with E-state index in [1.807, 2.05) is 19.1 Å². The summed E-state index contributed by atoms with van der Waals surface area (Å²) < 4.78 is 30.6. The number of allylic oxidation sites excluding steroid dienone is 1. The molecular formula is C13H15N3O3S. The van der Waals surface area contributed by atoms with Crippen LogP contribution in [0, 0.1) is 5.92 Å². The first-order valence-electron chi connectivity index (χ1n) is 6.01. The molecule has 2 rings (SSSR count). The summed E-state index contributed by atoms with van der Waals surface area (Å²) in [7, 11) is -4.18. The highest BCUT2D eigenvalue weighted by molar-refractivity contribution is 7.85. The maximum Gasteiger partial charge on any atom is 0.294 e. The molecule has 2 atom stereocenters. The summed E-state index contributed by atoms with van der Waals surface area (Å²) in [4.78, 5) is -0.173. The van der Waals surface area contributed by atoms with E-state index in [9.17, 15) is 8.42 Å². The van der Waals surface area contributed by atoms with Crippen molar-refractivity contribution in [2.45, 2.75) is 17.9 Å². The summed E-state index contributed by atoms with van der Waals surface area (Å²) in [5.41, 5.74) is 7.02. The highest BCUT2D eigenvalue weighted by atomic mass is 32.2. The quantitative estimate of drug-likeness (QED) is 0.659. The van der Waals surface area contributed by atoms with Gasteiger partial charge in [-0.05, 0) is 36.3 Å². The third-order valence-corrected chi connectivity index (χ3v) is 3.81. The van der Waals surface area contributed by atoms with Gasteiger partial charge in [-0.1, -0.05) is 19.1 Å². The summed E-state index contributed by atoms with van der Waals surface area (Å²) in [5, 5.41) is 8.06. The van der Waals surface area contributed by atoms with Crippen LogP contribution in [-0.4, -0.2) is 19.0 Å². The van der Waals surface area contributed by atoms with E-state index in [1.165, 1.54) is 24.3 Å². The minimum Gasteiger partial charge on any atom is -0.324 e. The number of hydrogen-bond donors (Lipinski definition) is 2. The van der Waals surface area contributed by atoms with Gasteiger partial charge in [-0.3, -0.25) is 4.55 Å². The molecule has 0 saturated heterocycles. The zero-order valence-corrected chi connectivity index (χ0v) is 11.7. The Labute approximate surface area is 117 Å². The molecule has 0 saturated carbocycles. The van der Waals surface area contributed by atoms with Gasteiger partial charge in [0.1, 0.15) is 0 Å². The van der Waals surface area contributed by atoms with Crippen molar-refractivity contribution in [2.24, 2.45) is 21.9 Å². The van der Waals surface area contributed by atoms with Gasteiger partial charge < -0.3 is 5.73 Å². The number of nitrogens with two attached hydrogens (primary N) is 1. The topological polar surface area (TPSA) is 105 Å². The van der Waals surface area contributed by atoms with Crippen LogP contribution in [0.25, 0.3) is 0 Å². The summed E-state index contributed by atoms with van der Waals surface area (Å²) in [6.45, 7) is 1.99. The summed E-state index contributed by atoms with van der Waals surface area (Å²) in [6, 6.07) is 5.47. The Bertz CT molecular complexity index is 675. The number of rotatable bonds is 3. The predicted octanol–water partition coefficient (Wildman–Crippen LogP) is 2.43. The SMILES string of the molecule is CC1C=C(/N=N/c2ccc(S(=O)(=O)O)cc2)C=CC1N.